The Balaban J connectivity index is 0.00000280. The summed E-state index contributed by atoms with van der Waals surface area (Å²) < 4.78 is 31.6. The minimum Gasteiger partial charge on any atom is -0.434 e. The van der Waals surface area contributed by atoms with Crippen molar-refractivity contribution >= 4 is 41.5 Å². The third-order valence-electron chi connectivity index (χ3n) is 4.20. The fourth-order valence-electron chi connectivity index (χ4n) is 3.04. The number of guanidine groups is 1. The number of nitrogens with zero attached hydrogens (tertiary/aromatic N) is 4. The van der Waals surface area contributed by atoms with E-state index in [1.807, 2.05) is 11.6 Å². The molecule has 2 N–H and O–H groups in total. The Labute approximate surface area is 183 Å². The summed E-state index contributed by atoms with van der Waals surface area (Å²) in [5.41, 5.74) is 0.508. The second kappa shape index (κ2) is 10.2. The van der Waals surface area contributed by atoms with Gasteiger partial charge in [0.15, 0.2) is 5.96 Å². The Kier molecular flexibility index (Phi) is 8.23. The summed E-state index contributed by atoms with van der Waals surface area (Å²) in [4.78, 5) is 8.69. The number of aromatic nitrogens is 3. The molecule has 0 fully saturated rings. The monoisotopic (exact) mass is 526 g/mol. The minimum atomic E-state index is -2.90. The largest absolute Gasteiger partial charge is 0.434 e. The fraction of sp³-hybridized carbons (Fsp3) is 0.471. The van der Waals surface area contributed by atoms with Crippen LogP contribution in [0.5, 0.6) is 5.75 Å². The smallest absolute Gasteiger partial charge is 0.387 e. The van der Waals surface area contributed by atoms with Crippen LogP contribution in [-0.2, 0) is 13.1 Å². The van der Waals surface area contributed by atoms with Crippen LogP contribution < -0.4 is 15.4 Å². The molecular weight excluding hydrogens is 505 g/mol. The van der Waals surface area contributed by atoms with Crippen LogP contribution in [0.3, 0.4) is 0 Å². The van der Waals surface area contributed by atoms with Gasteiger partial charge in [-0.1, -0.05) is 11.6 Å². The van der Waals surface area contributed by atoms with E-state index < -0.39 is 6.61 Å². The quantitative estimate of drug-likeness (QED) is 0.353. The molecule has 154 valence electrons. The van der Waals surface area contributed by atoms with Gasteiger partial charge in [-0.25, -0.2) is 9.67 Å². The standard InChI is InChI=1S/C17H21ClF2N6O.HI/c1-10-23-15-13(4-3-7-26(15)25-10)24-17(21-2)22-9-11-8-12(18)5-6-14(11)27-16(19)20;/h5-6,8,13,16H,3-4,7,9H2,1-2H3,(H2,21,22,24);1H. The first kappa shape index (κ1) is 22.6. The highest BCUT2D eigenvalue weighted by Crippen LogP contribution is 2.25. The second-order valence-electron chi connectivity index (χ2n) is 6.14. The Hall–Kier alpha value is -1.69. The molecule has 1 unspecified atom stereocenters. The summed E-state index contributed by atoms with van der Waals surface area (Å²) in [7, 11) is 1.64. The van der Waals surface area contributed by atoms with Crippen molar-refractivity contribution in [2.75, 3.05) is 7.05 Å². The van der Waals surface area contributed by atoms with E-state index in [4.69, 9.17) is 11.6 Å². The topological polar surface area (TPSA) is 76.4 Å². The molecule has 0 saturated heterocycles. The Morgan fingerprint density at radius 2 is 2.25 bits per heavy atom. The lowest BCUT2D eigenvalue weighted by atomic mass is 10.1. The van der Waals surface area contributed by atoms with Crippen LogP contribution in [0.1, 0.15) is 36.1 Å². The molecular formula is C17H22ClF2IN6O. The van der Waals surface area contributed by atoms with Crippen molar-refractivity contribution in [3.63, 3.8) is 0 Å². The minimum absolute atomic E-state index is 0. The molecule has 1 aliphatic rings. The van der Waals surface area contributed by atoms with E-state index in [-0.39, 0.29) is 42.3 Å². The van der Waals surface area contributed by atoms with E-state index in [1.54, 1.807) is 13.1 Å². The molecule has 0 spiro atoms. The number of hydrogen-bond donors (Lipinski definition) is 2. The van der Waals surface area contributed by atoms with Crippen molar-refractivity contribution in [3.8, 4) is 5.75 Å². The average Bonchev–Trinajstić information content (AvgIpc) is 3.01. The summed E-state index contributed by atoms with van der Waals surface area (Å²) in [5, 5.41) is 11.2. The van der Waals surface area contributed by atoms with Crippen molar-refractivity contribution in [3.05, 3.63) is 40.4 Å². The summed E-state index contributed by atoms with van der Waals surface area (Å²) in [6, 6.07) is 4.49. The van der Waals surface area contributed by atoms with Crippen molar-refractivity contribution in [2.45, 2.75) is 45.5 Å². The third kappa shape index (κ3) is 5.66. The maximum absolute atomic E-state index is 12.6. The van der Waals surface area contributed by atoms with Crippen LogP contribution in [0.25, 0.3) is 0 Å². The first-order valence-electron chi connectivity index (χ1n) is 8.58. The van der Waals surface area contributed by atoms with Crippen molar-refractivity contribution < 1.29 is 13.5 Å². The van der Waals surface area contributed by atoms with E-state index in [9.17, 15) is 8.78 Å². The zero-order valence-corrected chi connectivity index (χ0v) is 18.5. The van der Waals surface area contributed by atoms with Crippen LogP contribution in [0.15, 0.2) is 23.2 Å². The maximum atomic E-state index is 12.6. The number of nitrogens with one attached hydrogen (secondary N) is 2. The summed E-state index contributed by atoms with van der Waals surface area (Å²) in [6.07, 6.45) is 1.88. The maximum Gasteiger partial charge on any atom is 0.387 e. The average molecular weight is 527 g/mol. The lowest BCUT2D eigenvalue weighted by Gasteiger charge is -2.25. The molecule has 1 aromatic carbocycles. The molecule has 1 aromatic heterocycles. The van der Waals surface area contributed by atoms with E-state index in [2.05, 4.69) is 30.4 Å². The van der Waals surface area contributed by atoms with E-state index >= 15 is 0 Å². The molecule has 0 saturated carbocycles. The SMILES string of the molecule is CN=C(NCc1cc(Cl)ccc1OC(F)F)NC1CCCn2nc(C)nc21.I. The normalized spacial score (nSPS) is 16.4. The Morgan fingerprint density at radius 1 is 1.46 bits per heavy atom. The van der Waals surface area contributed by atoms with Gasteiger partial charge in [0.1, 0.15) is 17.4 Å². The highest BCUT2D eigenvalue weighted by atomic mass is 127. The number of rotatable bonds is 5. The van der Waals surface area contributed by atoms with E-state index in [0.29, 0.717) is 16.5 Å². The second-order valence-corrected chi connectivity index (χ2v) is 6.57. The summed E-state index contributed by atoms with van der Waals surface area (Å²) >= 11 is 5.98. The molecule has 11 heteroatoms. The van der Waals surface area contributed by atoms with Gasteiger partial charge in [-0.3, -0.25) is 4.99 Å². The van der Waals surface area contributed by atoms with Crippen molar-refractivity contribution in [1.29, 1.82) is 0 Å². The lowest BCUT2D eigenvalue weighted by molar-refractivity contribution is -0.0504. The van der Waals surface area contributed by atoms with Gasteiger partial charge in [-0.15, -0.1) is 24.0 Å². The van der Waals surface area contributed by atoms with Crippen LogP contribution in [-0.4, -0.2) is 34.4 Å². The molecule has 0 aliphatic carbocycles. The molecule has 0 radical (unpaired) electrons. The number of halogens is 4. The zero-order valence-electron chi connectivity index (χ0n) is 15.5. The number of aliphatic imine (C=N–C) groups is 1. The molecule has 2 heterocycles. The van der Waals surface area contributed by atoms with Crippen LogP contribution in [0.4, 0.5) is 8.78 Å². The number of hydrogen-bond acceptors (Lipinski definition) is 4. The Bertz CT molecular complexity index is 832. The third-order valence-corrected chi connectivity index (χ3v) is 4.44. The number of ether oxygens (including phenoxy) is 1. The molecule has 7 nitrogen and oxygen atoms in total. The van der Waals surface area contributed by atoms with E-state index in [0.717, 1.165) is 31.0 Å². The number of alkyl halides is 2. The number of benzene rings is 1. The van der Waals surface area contributed by atoms with Gasteiger partial charge >= 0.3 is 6.61 Å². The van der Waals surface area contributed by atoms with Crippen molar-refractivity contribution in [2.24, 2.45) is 4.99 Å². The molecule has 0 amide bonds. The highest BCUT2D eigenvalue weighted by molar-refractivity contribution is 14.0. The van der Waals surface area contributed by atoms with Gasteiger partial charge in [0, 0.05) is 30.7 Å². The lowest BCUT2D eigenvalue weighted by Crippen LogP contribution is -2.41. The van der Waals surface area contributed by atoms with Gasteiger partial charge in [0.05, 0.1) is 6.04 Å². The summed E-state index contributed by atoms with van der Waals surface area (Å²) in [5.74, 6) is 2.20. The number of fused-ring (bicyclic) bond motifs is 1. The number of aryl methyl sites for hydroxylation is 2. The van der Waals surface area contributed by atoms with Gasteiger partial charge in [-0.2, -0.15) is 13.9 Å². The predicted molar refractivity (Wildman–Crippen MR) is 114 cm³/mol. The predicted octanol–water partition coefficient (Wildman–Crippen LogP) is 3.66. The van der Waals surface area contributed by atoms with Gasteiger partial charge in [0.25, 0.3) is 0 Å². The molecule has 28 heavy (non-hydrogen) atoms. The van der Waals surface area contributed by atoms with Gasteiger partial charge < -0.3 is 15.4 Å². The Morgan fingerprint density at radius 3 is 2.96 bits per heavy atom. The fourth-order valence-corrected chi connectivity index (χ4v) is 3.24. The molecule has 3 rings (SSSR count). The molecule has 1 atom stereocenters. The van der Waals surface area contributed by atoms with Gasteiger partial charge in [-0.05, 0) is 38.0 Å². The van der Waals surface area contributed by atoms with Gasteiger partial charge in [0.2, 0.25) is 0 Å². The van der Waals surface area contributed by atoms with E-state index in [1.165, 1.54) is 12.1 Å². The highest BCUT2D eigenvalue weighted by Gasteiger charge is 2.24. The first-order chi connectivity index (χ1) is 13.0. The molecule has 0 bridgehead atoms. The first-order valence-corrected chi connectivity index (χ1v) is 8.96. The summed E-state index contributed by atoms with van der Waals surface area (Å²) in [6.45, 7) is 0.0241. The van der Waals surface area contributed by atoms with Crippen molar-refractivity contribution in [1.82, 2.24) is 25.4 Å². The van der Waals surface area contributed by atoms with Crippen LogP contribution >= 0.6 is 35.6 Å². The zero-order chi connectivity index (χ0) is 19.4. The van der Waals surface area contributed by atoms with Crippen LogP contribution in [0, 0.1) is 6.92 Å². The van der Waals surface area contributed by atoms with Crippen LogP contribution in [0.2, 0.25) is 5.02 Å². The molecule has 2 aromatic rings. The molecule has 1 aliphatic heterocycles.